The van der Waals surface area contributed by atoms with E-state index in [4.69, 9.17) is 18.9 Å². The van der Waals surface area contributed by atoms with Crippen LogP contribution in [0.5, 0.6) is 0 Å². The Morgan fingerprint density at radius 2 is 0.910 bits per heavy atom. The van der Waals surface area contributed by atoms with Crippen LogP contribution in [0.25, 0.3) is 0 Å². The number of nitrogens with one attached hydrogen (secondary N) is 1. The number of hydrogen-bond donors (Lipinski definition) is 8. The molecule has 0 aromatic rings. The van der Waals surface area contributed by atoms with E-state index in [1.807, 2.05) is 0 Å². The van der Waals surface area contributed by atoms with Crippen molar-refractivity contribution in [1.82, 2.24) is 5.32 Å². The summed E-state index contributed by atoms with van der Waals surface area (Å²) in [7, 11) is 0. The Hall–Kier alpha value is -0.970. The smallest absolute Gasteiger partial charge is 0.220 e. The maximum absolute atomic E-state index is 13.3. The van der Waals surface area contributed by atoms with Gasteiger partial charge in [-0.05, 0) is 19.8 Å². The third-order valence-corrected chi connectivity index (χ3v) is 14.3. The van der Waals surface area contributed by atoms with Gasteiger partial charge in [-0.1, -0.05) is 226 Å². The maximum atomic E-state index is 13.3. The minimum atomic E-state index is -1.69. The lowest BCUT2D eigenvalue weighted by Gasteiger charge is -2.45. The van der Waals surface area contributed by atoms with Crippen molar-refractivity contribution < 1.29 is 59.5 Å². The van der Waals surface area contributed by atoms with Crippen LogP contribution in [-0.2, 0) is 23.7 Å². The van der Waals surface area contributed by atoms with E-state index in [2.05, 4.69) is 19.2 Å². The van der Waals surface area contributed by atoms with Crippen molar-refractivity contribution in [1.29, 1.82) is 0 Å². The summed E-state index contributed by atoms with van der Waals surface area (Å²) in [4.78, 5) is 13.3. The first kappa shape index (κ1) is 62.1. The molecular weight excluding hydrogens is 855 g/mol. The van der Waals surface area contributed by atoms with Gasteiger partial charge in [0, 0.05) is 6.42 Å². The molecule has 0 bridgehead atoms. The van der Waals surface area contributed by atoms with Crippen LogP contribution in [0.2, 0.25) is 0 Å². The Labute approximate surface area is 408 Å². The summed E-state index contributed by atoms with van der Waals surface area (Å²) in [5, 5.41) is 77.6. The van der Waals surface area contributed by atoms with Crippen LogP contribution in [-0.4, -0.2) is 128 Å². The van der Waals surface area contributed by atoms with E-state index in [1.54, 1.807) is 0 Å². The van der Waals surface area contributed by atoms with Gasteiger partial charge in [0.2, 0.25) is 5.91 Å². The molecule has 0 unspecified atom stereocenters. The van der Waals surface area contributed by atoms with Gasteiger partial charge in [0.1, 0.15) is 42.7 Å². The summed E-state index contributed by atoms with van der Waals surface area (Å²) >= 11 is 0. The fraction of sp³-hybridized carbons (Fsp3) is 0.981. The number of unbranched alkanes of at least 4 members (excludes halogenated alkanes) is 32. The van der Waals surface area contributed by atoms with E-state index >= 15 is 0 Å². The Morgan fingerprint density at radius 1 is 0.507 bits per heavy atom. The Morgan fingerprint density at radius 3 is 1.33 bits per heavy atom. The van der Waals surface area contributed by atoms with E-state index < -0.39 is 80.2 Å². The average Bonchev–Trinajstić information content (AvgIpc) is 3.32. The normalized spacial score (nSPS) is 26.5. The second-order valence-corrected chi connectivity index (χ2v) is 20.4. The molecule has 0 aromatic heterocycles. The highest BCUT2D eigenvalue weighted by Crippen LogP contribution is 2.30. The number of rotatable bonds is 44. The third kappa shape index (κ3) is 28.0. The predicted molar refractivity (Wildman–Crippen MR) is 266 cm³/mol. The second kappa shape index (κ2) is 40.6. The molecule has 2 heterocycles. The number of amides is 1. The molecule has 1 amide bonds. The molecule has 67 heavy (non-hydrogen) atoms. The Bertz CT molecular complexity index is 1140. The summed E-state index contributed by atoms with van der Waals surface area (Å²) in [6.07, 6.45) is 28.2. The van der Waals surface area contributed by atoms with Gasteiger partial charge in [-0.3, -0.25) is 4.79 Å². The first-order valence-corrected chi connectivity index (χ1v) is 28.1. The van der Waals surface area contributed by atoms with Crippen LogP contribution >= 0.6 is 0 Å². The molecule has 2 aliphatic heterocycles. The predicted octanol–water partition coefficient (Wildman–Crippen LogP) is 9.58. The highest BCUT2D eigenvalue weighted by molar-refractivity contribution is 5.76. The standard InChI is InChI=1S/C54H105NO12/c1-4-6-8-10-12-14-16-18-19-20-21-22-23-24-25-27-29-31-33-35-37-39-46(58)55-43(44(57)38-36-34-32-30-28-26-17-15-13-11-9-7-5-2)41-64-53-51(63)52(48(60)45(40-56)66-53)67-54-50(62)49(61)47(59)42(3)65-54/h42-45,47-54,56-57,59-63H,4-41H2,1-3H3,(H,55,58)/t42-,43-,44+,45+,47+,48-,49+,50-,51+,52-,53-,54+/m0/s1. The monoisotopic (exact) mass is 960 g/mol. The molecule has 0 aromatic carbocycles. The molecule has 13 nitrogen and oxygen atoms in total. The lowest BCUT2D eigenvalue weighted by Crippen LogP contribution is -2.64. The maximum Gasteiger partial charge on any atom is 0.220 e. The van der Waals surface area contributed by atoms with Gasteiger partial charge in [-0.2, -0.15) is 0 Å². The largest absolute Gasteiger partial charge is 0.394 e. The molecule has 2 saturated heterocycles. The first-order chi connectivity index (χ1) is 32.5. The van der Waals surface area contributed by atoms with Crippen molar-refractivity contribution in [2.75, 3.05) is 13.2 Å². The van der Waals surface area contributed by atoms with E-state index in [0.717, 1.165) is 44.9 Å². The van der Waals surface area contributed by atoms with Gasteiger partial charge < -0.3 is 60.0 Å². The number of aliphatic hydroxyl groups is 7. The van der Waals surface area contributed by atoms with Crippen LogP contribution in [0.3, 0.4) is 0 Å². The van der Waals surface area contributed by atoms with Crippen molar-refractivity contribution in [3.8, 4) is 0 Å². The minimum absolute atomic E-state index is 0.191. The van der Waals surface area contributed by atoms with Crippen LogP contribution in [0.4, 0.5) is 0 Å². The molecule has 8 N–H and O–H groups in total. The lowest BCUT2D eigenvalue weighted by atomic mass is 9.97. The lowest BCUT2D eigenvalue weighted by molar-refractivity contribution is -0.357. The van der Waals surface area contributed by atoms with Gasteiger partial charge in [0.05, 0.1) is 31.5 Å². The molecular formula is C54H105NO12. The van der Waals surface area contributed by atoms with Gasteiger partial charge >= 0.3 is 0 Å². The van der Waals surface area contributed by atoms with E-state index in [-0.39, 0.29) is 12.5 Å². The van der Waals surface area contributed by atoms with Crippen LogP contribution in [0, 0.1) is 0 Å². The van der Waals surface area contributed by atoms with E-state index in [9.17, 15) is 40.5 Å². The number of carbonyl (C=O) groups excluding carboxylic acids is 1. The van der Waals surface area contributed by atoms with Crippen molar-refractivity contribution in [2.45, 2.75) is 325 Å². The van der Waals surface area contributed by atoms with Crippen molar-refractivity contribution in [2.24, 2.45) is 0 Å². The van der Waals surface area contributed by atoms with Crippen molar-refractivity contribution in [3.05, 3.63) is 0 Å². The minimum Gasteiger partial charge on any atom is -0.394 e. The number of carbonyl (C=O) groups is 1. The summed E-state index contributed by atoms with van der Waals surface area (Å²) in [6, 6.07) is -0.810. The topological polar surface area (TPSA) is 208 Å². The first-order valence-electron chi connectivity index (χ1n) is 28.1. The zero-order valence-corrected chi connectivity index (χ0v) is 43.0. The zero-order chi connectivity index (χ0) is 48.9. The fourth-order valence-corrected chi connectivity index (χ4v) is 9.65. The van der Waals surface area contributed by atoms with Crippen LogP contribution < -0.4 is 5.32 Å². The van der Waals surface area contributed by atoms with E-state index in [0.29, 0.717) is 12.8 Å². The number of ether oxygens (including phenoxy) is 4. The van der Waals surface area contributed by atoms with Gasteiger partial charge in [-0.25, -0.2) is 0 Å². The summed E-state index contributed by atoms with van der Waals surface area (Å²) in [6.45, 7) is 5.13. The highest BCUT2D eigenvalue weighted by atomic mass is 16.7. The van der Waals surface area contributed by atoms with Gasteiger partial charge in [0.15, 0.2) is 12.6 Å². The van der Waals surface area contributed by atoms with Gasteiger partial charge in [-0.15, -0.1) is 0 Å². The average molecular weight is 960 g/mol. The quantitative estimate of drug-likeness (QED) is 0.0269. The number of hydrogen-bond acceptors (Lipinski definition) is 12. The summed E-state index contributed by atoms with van der Waals surface area (Å²) < 4.78 is 23.0. The van der Waals surface area contributed by atoms with E-state index in [1.165, 1.54) is 180 Å². The summed E-state index contributed by atoms with van der Waals surface area (Å²) in [5.74, 6) is -0.191. The molecule has 2 aliphatic rings. The Kier molecular flexibility index (Phi) is 37.7. The molecule has 0 spiro atoms. The molecule has 13 heteroatoms. The molecule has 12 atom stereocenters. The zero-order valence-electron chi connectivity index (χ0n) is 43.0. The molecule has 0 radical (unpaired) electrons. The number of aliphatic hydroxyl groups excluding tert-OH is 7. The van der Waals surface area contributed by atoms with Crippen molar-refractivity contribution in [3.63, 3.8) is 0 Å². The van der Waals surface area contributed by atoms with Crippen LogP contribution in [0.15, 0.2) is 0 Å². The third-order valence-electron chi connectivity index (χ3n) is 14.3. The molecule has 0 saturated carbocycles. The molecule has 0 aliphatic carbocycles. The van der Waals surface area contributed by atoms with Gasteiger partial charge in [0.25, 0.3) is 0 Å². The molecule has 2 fully saturated rings. The molecule has 2 rings (SSSR count). The Balaban J connectivity index is 1.76. The fourth-order valence-electron chi connectivity index (χ4n) is 9.65. The molecule has 398 valence electrons. The highest BCUT2D eigenvalue weighted by Gasteiger charge is 2.50. The van der Waals surface area contributed by atoms with Crippen LogP contribution in [0.1, 0.15) is 252 Å². The second-order valence-electron chi connectivity index (χ2n) is 20.4. The van der Waals surface area contributed by atoms with Crippen molar-refractivity contribution >= 4 is 5.91 Å². The summed E-state index contributed by atoms with van der Waals surface area (Å²) in [5.41, 5.74) is 0. The SMILES string of the molecule is CCCCCCCCCCCCCCCCCCCCCCCC(=O)N[C@@H](CO[C@H]1O[C@H](CO)[C@H](O)[C@H](O[C@H]2O[C@@H](C)[C@@H](O)[C@@H](O)[C@@H]2O)[C@H]1O)[C@H](O)CCCCCCCCCCCCCCC.